The lowest BCUT2D eigenvalue weighted by Crippen LogP contribution is -2.63. The highest BCUT2D eigenvalue weighted by atomic mass is 35.6. The average molecular weight is 594 g/mol. The molecule has 1 aromatic heterocycles. The van der Waals surface area contributed by atoms with Gasteiger partial charge >= 0.3 is 5.97 Å². The number of pyridine rings is 1. The second-order valence-corrected chi connectivity index (χ2v) is 11.7. The lowest BCUT2D eigenvalue weighted by Gasteiger charge is -2.41. The van der Waals surface area contributed by atoms with Crippen LogP contribution in [0.5, 0.6) is 0 Å². The highest BCUT2D eigenvalue weighted by molar-refractivity contribution is 7.80. The summed E-state index contributed by atoms with van der Waals surface area (Å²) in [5.74, 6) is -1.84. The van der Waals surface area contributed by atoms with Crippen LogP contribution in [0.4, 0.5) is 5.69 Å². The minimum absolute atomic E-state index is 0.0506. The molecule has 0 aliphatic carbocycles. The number of nitrogens with zero attached hydrogens (tertiary/aromatic N) is 2. The number of anilines is 1. The molecule has 38 heavy (non-hydrogen) atoms. The molecule has 11 heteroatoms. The number of carbonyl (C=O) groups excluding carboxylic acids is 1. The molecule has 0 bridgehead atoms. The summed E-state index contributed by atoms with van der Waals surface area (Å²) in [6.45, 7) is 3.73. The first-order valence-electron chi connectivity index (χ1n) is 11.7. The largest absolute Gasteiger partial charge is 0.480 e. The molecule has 7 nitrogen and oxygen atoms in total. The number of hydrogen-bond acceptors (Lipinski definition) is 4. The third-order valence-corrected chi connectivity index (χ3v) is 6.45. The van der Waals surface area contributed by atoms with Gasteiger partial charge in [-0.15, -0.1) is 0 Å². The van der Waals surface area contributed by atoms with Gasteiger partial charge in [-0.05, 0) is 48.3 Å². The Morgan fingerprint density at radius 1 is 1.08 bits per heavy atom. The van der Waals surface area contributed by atoms with Crippen molar-refractivity contribution in [2.24, 2.45) is 5.92 Å². The van der Waals surface area contributed by atoms with Gasteiger partial charge < -0.3 is 20.6 Å². The van der Waals surface area contributed by atoms with Crippen molar-refractivity contribution in [2.45, 2.75) is 36.3 Å². The van der Waals surface area contributed by atoms with E-state index in [0.29, 0.717) is 11.2 Å². The Labute approximate surface area is 241 Å². The summed E-state index contributed by atoms with van der Waals surface area (Å²) in [7, 11) is 0. The van der Waals surface area contributed by atoms with Gasteiger partial charge in [0.1, 0.15) is 6.04 Å². The van der Waals surface area contributed by atoms with Crippen molar-refractivity contribution in [1.29, 1.82) is 0 Å². The standard InChI is InChI=1S/C27H27Cl3N4O3S/c1-17(2)16-21(24(36)37)34(26(38)32-20-12-6-10-19-11-7-15-31-23(19)20)25(27(28,29)30)33-22(35)14-13-18-8-4-3-5-9-18/h3-15,17,21,25H,16H2,1-2H3,(H,32,38)(H,33,35)(H,36,37)/b14-13+/t21-,25?/m0/s1. The molecule has 2 aromatic carbocycles. The molecule has 1 unspecified atom stereocenters. The lowest BCUT2D eigenvalue weighted by molar-refractivity contribution is -0.143. The molecular weight excluding hydrogens is 567 g/mol. The number of amides is 1. The van der Waals surface area contributed by atoms with Crippen LogP contribution in [0.1, 0.15) is 25.8 Å². The molecule has 0 saturated heterocycles. The number of para-hydroxylation sites is 1. The van der Waals surface area contributed by atoms with Gasteiger partial charge in [-0.3, -0.25) is 9.78 Å². The predicted molar refractivity (Wildman–Crippen MR) is 158 cm³/mol. The van der Waals surface area contributed by atoms with Gasteiger partial charge in [0.2, 0.25) is 9.70 Å². The maximum Gasteiger partial charge on any atom is 0.326 e. The summed E-state index contributed by atoms with van der Waals surface area (Å²) >= 11 is 24.7. The molecule has 0 spiro atoms. The van der Waals surface area contributed by atoms with Gasteiger partial charge in [0, 0.05) is 17.7 Å². The number of nitrogens with one attached hydrogen (secondary N) is 2. The fourth-order valence-corrected chi connectivity index (χ4v) is 4.65. The molecule has 3 rings (SSSR count). The number of aromatic nitrogens is 1. The number of benzene rings is 2. The zero-order valence-corrected chi connectivity index (χ0v) is 23.7. The number of thiocarbonyl (C=S) groups is 1. The fourth-order valence-electron chi connectivity index (χ4n) is 3.83. The van der Waals surface area contributed by atoms with E-state index in [4.69, 9.17) is 47.0 Å². The van der Waals surface area contributed by atoms with Gasteiger partial charge in [0.15, 0.2) is 11.3 Å². The van der Waals surface area contributed by atoms with Crippen molar-refractivity contribution in [2.75, 3.05) is 5.32 Å². The molecule has 1 heterocycles. The van der Waals surface area contributed by atoms with Gasteiger partial charge in [0.05, 0.1) is 11.2 Å². The molecule has 3 N–H and O–H groups in total. The Kier molecular flexibility index (Phi) is 10.3. The summed E-state index contributed by atoms with van der Waals surface area (Å²) in [5, 5.41) is 16.7. The molecule has 0 radical (unpaired) electrons. The summed E-state index contributed by atoms with van der Waals surface area (Å²) < 4.78 is -2.15. The van der Waals surface area contributed by atoms with Gasteiger partial charge in [-0.1, -0.05) is 97.2 Å². The zero-order valence-electron chi connectivity index (χ0n) is 20.6. The molecule has 0 saturated carbocycles. The normalized spacial score (nSPS) is 13.3. The van der Waals surface area contributed by atoms with Crippen LogP contribution in [-0.4, -0.2) is 48.0 Å². The first kappa shape index (κ1) is 29.6. The third-order valence-electron chi connectivity index (χ3n) is 5.52. The second kappa shape index (κ2) is 13.2. The van der Waals surface area contributed by atoms with E-state index >= 15 is 0 Å². The van der Waals surface area contributed by atoms with E-state index in [1.807, 2.05) is 62.4 Å². The van der Waals surface area contributed by atoms with Crippen molar-refractivity contribution >= 4 is 86.7 Å². The second-order valence-electron chi connectivity index (χ2n) is 8.90. The molecular formula is C27H27Cl3N4O3S. The monoisotopic (exact) mass is 592 g/mol. The van der Waals surface area contributed by atoms with Crippen molar-refractivity contribution in [3.8, 4) is 0 Å². The minimum atomic E-state index is -2.15. The minimum Gasteiger partial charge on any atom is -0.480 e. The molecule has 0 aliphatic heterocycles. The number of halogens is 3. The highest BCUT2D eigenvalue weighted by Crippen LogP contribution is 2.35. The van der Waals surface area contributed by atoms with Crippen molar-refractivity contribution in [3.63, 3.8) is 0 Å². The van der Waals surface area contributed by atoms with E-state index in [-0.39, 0.29) is 17.5 Å². The van der Waals surface area contributed by atoms with Crippen LogP contribution in [0.15, 0.2) is 72.9 Å². The molecule has 0 aliphatic rings. The Morgan fingerprint density at radius 2 is 1.76 bits per heavy atom. The molecule has 3 aromatic rings. The number of carbonyl (C=O) groups is 2. The summed E-state index contributed by atoms with van der Waals surface area (Å²) in [5.41, 5.74) is 1.94. The summed E-state index contributed by atoms with van der Waals surface area (Å²) in [4.78, 5) is 31.0. The van der Waals surface area contributed by atoms with Crippen LogP contribution in [0.25, 0.3) is 17.0 Å². The van der Waals surface area contributed by atoms with E-state index in [1.165, 1.54) is 11.0 Å². The van der Waals surface area contributed by atoms with Gasteiger partial charge in [-0.25, -0.2) is 4.79 Å². The zero-order chi connectivity index (χ0) is 27.9. The number of hydrogen-bond donors (Lipinski definition) is 3. The third kappa shape index (κ3) is 8.04. The van der Waals surface area contributed by atoms with E-state index in [2.05, 4.69) is 15.6 Å². The van der Waals surface area contributed by atoms with E-state index < -0.39 is 27.9 Å². The molecule has 200 valence electrons. The highest BCUT2D eigenvalue weighted by Gasteiger charge is 2.44. The molecule has 0 fully saturated rings. The quantitative estimate of drug-likeness (QED) is 0.117. The number of carboxylic acids is 1. The summed E-state index contributed by atoms with van der Waals surface area (Å²) in [6.07, 6.45) is 3.24. The van der Waals surface area contributed by atoms with Gasteiger partial charge in [0.25, 0.3) is 0 Å². The number of alkyl halides is 3. The van der Waals surface area contributed by atoms with Crippen LogP contribution in [0, 0.1) is 5.92 Å². The van der Waals surface area contributed by atoms with E-state index in [9.17, 15) is 14.7 Å². The smallest absolute Gasteiger partial charge is 0.326 e. The fraction of sp³-hybridized carbons (Fsp3) is 0.259. The molecule has 1 amide bonds. The Morgan fingerprint density at radius 3 is 2.39 bits per heavy atom. The number of aliphatic carboxylic acids is 1. The van der Waals surface area contributed by atoms with Crippen LogP contribution >= 0.6 is 47.0 Å². The first-order chi connectivity index (χ1) is 18.0. The van der Waals surface area contributed by atoms with Crippen LogP contribution in [-0.2, 0) is 9.59 Å². The molecule has 2 atom stereocenters. The van der Waals surface area contributed by atoms with Crippen LogP contribution < -0.4 is 10.6 Å². The predicted octanol–water partition coefficient (Wildman–Crippen LogP) is 6.26. The topological polar surface area (TPSA) is 94.6 Å². The Bertz CT molecular complexity index is 1310. The van der Waals surface area contributed by atoms with Crippen LogP contribution in [0.3, 0.4) is 0 Å². The Balaban J connectivity index is 2.00. The van der Waals surface area contributed by atoms with Gasteiger partial charge in [-0.2, -0.15) is 0 Å². The van der Waals surface area contributed by atoms with E-state index in [0.717, 1.165) is 10.9 Å². The number of carboxylic acid groups (broad SMARTS) is 1. The number of rotatable bonds is 9. The Hall–Kier alpha value is -2.91. The van der Waals surface area contributed by atoms with Crippen molar-refractivity contribution in [1.82, 2.24) is 15.2 Å². The van der Waals surface area contributed by atoms with Crippen molar-refractivity contribution < 1.29 is 14.7 Å². The average Bonchev–Trinajstić information content (AvgIpc) is 2.86. The van der Waals surface area contributed by atoms with Crippen LogP contribution in [0.2, 0.25) is 0 Å². The lowest BCUT2D eigenvalue weighted by atomic mass is 10.0. The van der Waals surface area contributed by atoms with Crippen molar-refractivity contribution in [3.05, 3.63) is 78.5 Å². The summed E-state index contributed by atoms with van der Waals surface area (Å²) in [6, 6.07) is 17.1. The first-order valence-corrected chi connectivity index (χ1v) is 13.3. The SMILES string of the molecule is CC(C)C[C@@H](C(=O)O)N(C(=S)Nc1cccc2cccnc12)C(NC(=O)/C=C/c1ccccc1)C(Cl)(Cl)Cl. The number of fused-ring (bicyclic) bond motifs is 1. The maximum atomic E-state index is 12.9. The maximum absolute atomic E-state index is 12.9. The van der Waals surface area contributed by atoms with E-state index in [1.54, 1.807) is 24.4 Å².